The molecule has 42 heteroatoms. The van der Waals surface area contributed by atoms with Gasteiger partial charge in [-0.1, -0.05) is 0 Å². The van der Waals surface area contributed by atoms with Crippen LogP contribution in [0.25, 0.3) is 0 Å². The number of rotatable bonds is 29. The third kappa shape index (κ3) is 16.7. The summed E-state index contributed by atoms with van der Waals surface area (Å²) in [6, 6.07) is -8.13. The van der Waals surface area contributed by atoms with Crippen molar-refractivity contribution in [1.82, 2.24) is 21.3 Å². The molecule has 26 N–H and O–H groups in total. The molecule has 0 spiro atoms. The number of carboxylic acids is 3. The molecule has 42 nitrogen and oxygen atoms in total. The van der Waals surface area contributed by atoms with Gasteiger partial charge in [0.1, 0.15) is 124 Å². The maximum Gasteiger partial charge on any atom is 0.364 e. The molecule has 0 unspecified atom stereocenters. The summed E-state index contributed by atoms with van der Waals surface area (Å²) < 4.78 is 50.1. The van der Waals surface area contributed by atoms with Crippen molar-refractivity contribution in [2.24, 2.45) is 0 Å². The van der Waals surface area contributed by atoms with Gasteiger partial charge in [-0.2, -0.15) is 0 Å². The van der Waals surface area contributed by atoms with Crippen LogP contribution >= 0.6 is 0 Å². The number of carboxylic acid groups (broad SMARTS) is 3. The summed E-state index contributed by atoms with van der Waals surface area (Å²) in [4.78, 5) is 89.7. The van der Waals surface area contributed by atoms with Crippen LogP contribution in [0.1, 0.15) is 26.2 Å². The zero-order valence-corrected chi connectivity index (χ0v) is 46.6. The number of ether oxygens (including phenoxy) is 9. The SMILES string of the molecule is CC(=O)N[C@@H]1[C@@H](O[C@@H]2O[C@H](CO)[C@H](O)[C@H](O)[C@H]2O)[C@H](O)[C@@H](CO[C@]2(C(=O)O)C[C@H](O)[C@@H](NC(=O)CO)[C@H]([C@H](O)[C@@H](CO)O[C@]3(C(=O)O)C[C@H](O)[C@@H](NC(=O)CO)[C@H]([C@H](O)[C@@H](CO)O[C@]4(C(=O)O)C[C@H](O)[C@@H](NC(=O)CO)[C@H]([C@H](O)[C@H](O)CO)O4)O3)O2)O[C@H]1O. The lowest BCUT2D eigenvalue weighted by atomic mass is 9.86. The van der Waals surface area contributed by atoms with Crippen molar-refractivity contribution in [1.29, 1.82) is 0 Å². The molecule has 512 valence electrons. The molecule has 5 aliphatic rings. The van der Waals surface area contributed by atoms with Crippen LogP contribution in [0, 0.1) is 0 Å². The number of carbonyl (C=O) groups is 7. The second kappa shape index (κ2) is 31.7. The molecule has 5 aliphatic heterocycles. The van der Waals surface area contributed by atoms with Gasteiger partial charge in [0.05, 0.1) is 69.5 Å². The Morgan fingerprint density at radius 2 is 0.899 bits per heavy atom. The minimum atomic E-state index is -3.65. The standard InChI is InChI=1S/C47H76N4O38/c1-13(59)48-28-36(84-41-35(73)34(72)30(68)18(6-53)83-41)33(71)21(82-40(28)74)12-81-45(42(75)76)2-14(60)26(50-23(65)10-57)38(87-45)31(69)19(7-54)86-47(44(79)80)4-16(62)27(51-24(66)11-58)39(89-47)32(70)20(8-55)85-46(43(77)78)3-15(61)25(49-22(64)9-56)37(88-46)29(67)17(63)5-52/h14-21,25-41,52-58,60-63,67-74H,2-12H2,1H3,(H,48,59)(H,49,64)(H,50,65)(H,51,66)(H,75,76)(H,77,78)(H,79,80)/t14-,15-,16-,17+,18+,19+,20+,21+,25+,26+,27+,28+,29+,30-,31+,32+,33+,34-,35+,36+,37+,38+,39+,40+,41-,45+,46+,47+/m0/s1. The summed E-state index contributed by atoms with van der Waals surface area (Å²) in [5.41, 5.74) is 0. The van der Waals surface area contributed by atoms with E-state index in [1.165, 1.54) is 0 Å². The van der Waals surface area contributed by atoms with Crippen LogP contribution in [0.3, 0.4) is 0 Å². The highest BCUT2D eigenvalue weighted by molar-refractivity contribution is 5.80. The second-order valence-corrected chi connectivity index (χ2v) is 21.3. The Kier molecular flexibility index (Phi) is 26.6. The molecular weight excluding hydrogens is 1230 g/mol. The van der Waals surface area contributed by atoms with Crippen molar-refractivity contribution in [3.8, 4) is 0 Å². The van der Waals surface area contributed by atoms with Crippen molar-refractivity contribution in [2.75, 3.05) is 52.9 Å². The molecule has 89 heavy (non-hydrogen) atoms. The number of hydrogen-bond acceptors (Lipinski definition) is 35. The summed E-state index contributed by atoms with van der Waals surface area (Å²) in [5, 5.41) is 243. The fraction of sp³-hybridized carbons (Fsp3) is 0.851. The predicted molar refractivity (Wildman–Crippen MR) is 269 cm³/mol. The van der Waals surface area contributed by atoms with Crippen LogP contribution in [0.2, 0.25) is 0 Å². The molecule has 5 rings (SSSR count). The lowest BCUT2D eigenvalue weighted by Gasteiger charge is -2.51. The van der Waals surface area contributed by atoms with E-state index in [4.69, 9.17) is 42.6 Å². The summed E-state index contributed by atoms with van der Waals surface area (Å²) in [5.74, 6) is -22.3. The summed E-state index contributed by atoms with van der Waals surface area (Å²) in [6.07, 6.45) is -52.8. The first-order chi connectivity index (χ1) is 41.7. The molecule has 4 amide bonds. The lowest BCUT2D eigenvalue weighted by molar-refractivity contribution is -0.360. The first-order valence-corrected chi connectivity index (χ1v) is 27.0. The third-order valence-corrected chi connectivity index (χ3v) is 15.2. The highest BCUT2D eigenvalue weighted by Crippen LogP contribution is 2.41. The van der Waals surface area contributed by atoms with Crippen LogP contribution in [-0.2, 0) is 76.2 Å². The van der Waals surface area contributed by atoms with Crippen molar-refractivity contribution in [3.05, 3.63) is 0 Å². The third-order valence-electron chi connectivity index (χ3n) is 15.2. The van der Waals surface area contributed by atoms with Gasteiger partial charge in [-0.05, 0) is 0 Å². The number of hydrogen-bond donors (Lipinski definition) is 26. The van der Waals surface area contributed by atoms with Gasteiger partial charge in [0.2, 0.25) is 23.6 Å². The molecule has 28 atom stereocenters. The van der Waals surface area contributed by atoms with E-state index in [1.54, 1.807) is 0 Å². The molecule has 0 aromatic rings. The first-order valence-electron chi connectivity index (χ1n) is 27.0. The predicted octanol–water partition coefficient (Wildman–Crippen LogP) is -16.8. The summed E-state index contributed by atoms with van der Waals surface area (Å²) >= 11 is 0. The summed E-state index contributed by atoms with van der Waals surface area (Å²) in [6.45, 7) is -9.97. The van der Waals surface area contributed by atoms with Crippen LogP contribution in [-0.4, -0.2) is 377 Å². The Bertz CT molecular complexity index is 2400. The van der Waals surface area contributed by atoms with Crippen molar-refractivity contribution in [2.45, 2.75) is 196 Å². The fourth-order valence-corrected chi connectivity index (χ4v) is 10.6. The molecule has 5 heterocycles. The van der Waals surface area contributed by atoms with E-state index in [1.807, 2.05) is 16.0 Å². The number of amides is 4. The van der Waals surface area contributed by atoms with Gasteiger partial charge in [-0.3, -0.25) is 19.2 Å². The highest BCUT2D eigenvalue weighted by Gasteiger charge is 2.63. The van der Waals surface area contributed by atoms with Gasteiger partial charge >= 0.3 is 17.9 Å². The smallest absolute Gasteiger partial charge is 0.364 e. The van der Waals surface area contributed by atoms with Gasteiger partial charge in [-0.25, -0.2) is 14.4 Å². The van der Waals surface area contributed by atoms with Gasteiger partial charge in [0.25, 0.3) is 17.4 Å². The van der Waals surface area contributed by atoms with Crippen LogP contribution in [0.4, 0.5) is 0 Å². The Balaban J connectivity index is 1.51. The number of aliphatic carboxylic acids is 3. The van der Waals surface area contributed by atoms with Gasteiger partial charge in [-0.15, -0.1) is 0 Å². The van der Waals surface area contributed by atoms with E-state index in [9.17, 15) is 146 Å². The average Bonchev–Trinajstić information content (AvgIpc) is 0.818. The van der Waals surface area contributed by atoms with Crippen molar-refractivity contribution < 1.29 is 189 Å². The Hall–Kier alpha value is -4.83. The van der Waals surface area contributed by atoms with Gasteiger partial charge in [0.15, 0.2) is 12.6 Å². The minimum Gasteiger partial charge on any atom is -0.477 e. The molecule has 5 fully saturated rings. The zero-order chi connectivity index (χ0) is 66.9. The topological polar surface area (TPSA) is 696 Å². The molecule has 0 aromatic carbocycles. The molecule has 0 bridgehead atoms. The van der Waals surface area contributed by atoms with E-state index in [0.717, 1.165) is 6.92 Å². The normalized spacial score (nSPS) is 39.6. The van der Waals surface area contributed by atoms with E-state index >= 15 is 0 Å². The number of aliphatic hydroxyl groups excluding tert-OH is 19. The number of carbonyl (C=O) groups excluding carboxylic acids is 4. The molecule has 0 radical (unpaired) electrons. The van der Waals surface area contributed by atoms with Crippen LogP contribution < -0.4 is 21.3 Å². The lowest BCUT2D eigenvalue weighted by Crippen LogP contribution is -2.72. The van der Waals surface area contributed by atoms with Crippen LogP contribution in [0.15, 0.2) is 0 Å². The molecular formula is C47H76N4O38. The zero-order valence-electron chi connectivity index (χ0n) is 46.6. The Morgan fingerprint density at radius 1 is 0.494 bits per heavy atom. The highest BCUT2D eigenvalue weighted by atomic mass is 16.8. The average molecular weight is 1310 g/mol. The fourth-order valence-electron chi connectivity index (χ4n) is 10.6. The number of nitrogens with one attached hydrogen (secondary N) is 4. The van der Waals surface area contributed by atoms with Crippen molar-refractivity contribution >= 4 is 41.5 Å². The molecule has 0 aromatic heterocycles. The Labute approximate surface area is 499 Å². The Morgan fingerprint density at radius 3 is 1.27 bits per heavy atom. The molecule has 0 saturated carbocycles. The van der Waals surface area contributed by atoms with Crippen molar-refractivity contribution in [3.63, 3.8) is 0 Å². The van der Waals surface area contributed by atoms with Crippen LogP contribution in [0.5, 0.6) is 0 Å². The van der Waals surface area contributed by atoms with Gasteiger partial charge < -0.3 is 176 Å². The van der Waals surface area contributed by atoms with E-state index in [2.05, 4.69) is 5.32 Å². The second-order valence-electron chi connectivity index (χ2n) is 21.3. The van der Waals surface area contributed by atoms with E-state index < -0.39 is 284 Å². The molecule has 5 saturated heterocycles. The number of aliphatic hydroxyl groups is 19. The molecule has 0 aliphatic carbocycles. The largest absolute Gasteiger partial charge is 0.477 e. The minimum absolute atomic E-state index is 0.896. The maximum atomic E-state index is 13.5. The summed E-state index contributed by atoms with van der Waals surface area (Å²) in [7, 11) is 0. The first kappa shape index (κ1) is 74.9. The quantitative estimate of drug-likeness (QED) is 0.0331. The maximum absolute atomic E-state index is 13.5. The van der Waals surface area contributed by atoms with Gasteiger partial charge in [0, 0.05) is 26.2 Å². The van der Waals surface area contributed by atoms with E-state index in [0.29, 0.717) is 0 Å². The van der Waals surface area contributed by atoms with E-state index in [-0.39, 0.29) is 0 Å². The monoisotopic (exact) mass is 1300 g/mol.